The first-order valence-corrected chi connectivity index (χ1v) is 8.25. The molecule has 0 unspecified atom stereocenters. The first kappa shape index (κ1) is 15.0. The van der Waals surface area contributed by atoms with Crippen LogP contribution in [0.2, 0.25) is 0 Å². The van der Waals surface area contributed by atoms with Crippen LogP contribution in [0.25, 0.3) is 0 Å². The molecule has 100 valence electrons. The Morgan fingerprint density at radius 2 is 1.94 bits per heavy atom. The normalized spacial score (nSPS) is 11.2. The summed E-state index contributed by atoms with van der Waals surface area (Å²) in [5.41, 5.74) is 1.81. The summed E-state index contributed by atoms with van der Waals surface area (Å²) in [5.74, 6) is -0.0598. The Bertz CT molecular complexity index is 496. The predicted octanol–water partition coefficient (Wildman–Crippen LogP) is 1.91. The van der Waals surface area contributed by atoms with Crippen molar-refractivity contribution in [3.05, 3.63) is 29.8 Å². The largest absolute Gasteiger partial charge is 0.739 e. The molecule has 0 saturated carbocycles. The Morgan fingerprint density at radius 3 is 2.50 bits per heavy atom. The Labute approximate surface area is 110 Å². The number of hydrogen-bond donors (Lipinski definition) is 1. The second kappa shape index (κ2) is 6.77. The predicted molar refractivity (Wildman–Crippen MR) is 71.2 cm³/mol. The summed E-state index contributed by atoms with van der Waals surface area (Å²) < 4.78 is 30.9. The van der Waals surface area contributed by atoms with E-state index in [4.69, 9.17) is 0 Å². The first-order valence-electron chi connectivity index (χ1n) is 5.33. The molecule has 1 rings (SSSR count). The van der Waals surface area contributed by atoms with Crippen LogP contribution in [0.5, 0.6) is 0 Å². The minimum atomic E-state index is -4.25. The molecule has 1 amide bonds. The molecule has 0 aliphatic rings. The van der Waals surface area contributed by atoms with Gasteiger partial charge >= 0.3 is 0 Å². The number of rotatable bonds is 6. The van der Waals surface area contributed by atoms with E-state index in [1.807, 2.05) is 19.1 Å². The monoisotopic (exact) mass is 288 g/mol. The lowest BCUT2D eigenvalue weighted by atomic mass is 10.2. The van der Waals surface area contributed by atoms with Gasteiger partial charge in [0.1, 0.15) is 9.15 Å². The van der Waals surface area contributed by atoms with Crippen molar-refractivity contribution in [2.45, 2.75) is 19.8 Å². The minimum Gasteiger partial charge on any atom is -0.739 e. The highest BCUT2D eigenvalue weighted by atomic mass is 33.1. The molecule has 0 bridgehead atoms. The zero-order chi connectivity index (χ0) is 13.6. The van der Waals surface area contributed by atoms with Crippen LogP contribution >= 0.6 is 10.8 Å². The van der Waals surface area contributed by atoms with Gasteiger partial charge in [-0.25, -0.2) is 8.42 Å². The fraction of sp³-hybridized carbons (Fsp3) is 0.364. The molecule has 0 fully saturated rings. The van der Waals surface area contributed by atoms with Crippen LogP contribution in [-0.4, -0.2) is 24.6 Å². The van der Waals surface area contributed by atoms with Crippen molar-refractivity contribution in [3.8, 4) is 0 Å². The van der Waals surface area contributed by atoms with Gasteiger partial charge in [0.05, 0.1) is 0 Å². The molecule has 0 radical (unpaired) electrons. The quantitative estimate of drug-likeness (QED) is 0.491. The summed E-state index contributed by atoms with van der Waals surface area (Å²) in [5, 5.41) is 2.69. The van der Waals surface area contributed by atoms with Gasteiger partial charge in [0.15, 0.2) is 0 Å². The fourth-order valence-corrected chi connectivity index (χ4v) is 2.69. The lowest BCUT2D eigenvalue weighted by molar-refractivity contribution is -0.116. The van der Waals surface area contributed by atoms with Crippen molar-refractivity contribution in [1.82, 2.24) is 0 Å². The fourth-order valence-electron chi connectivity index (χ4n) is 1.25. The molecule has 0 aliphatic carbocycles. The third-order valence-electron chi connectivity index (χ3n) is 2.11. The molecule has 0 aromatic heterocycles. The van der Waals surface area contributed by atoms with Crippen LogP contribution in [0.1, 0.15) is 18.4 Å². The molecular weight excluding hydrogens is 274 g/mol. The minimum absolute atomic E-state index is 0.132. The highest BCUT2D eigenvalue weighted by Crippen LogP contribution is 2.13. The van der Waals surface area contributed by atoms with Crippen LogP contribution in [0.4, 0.5) is 5.69 Å². The van der Waals surface area contributed by atoms with Crippen molar-refractivity contribution < 1.29 is 17.8 Å². The summed E-state index contributed by atoms with van der Waals surface area (Å²) in [6.07, 6.45) is 0.542. The van der Waals surface area contributed by atoms with Crippen LogP contribution in [-0.2, 0) is 13.9 Å². The summed E-state index contributed by atoms with van der Waals surface area (Å²) in [6.45, 7) is 1.95. The summed E-state index contributed by atoms with van der Waals surface area (Å²) in [6, 6.07) is 7.36. The molecule has 1 aromatic rings. The van der Waals surface area contributed by atoms with Crippen molar-refractivity contribution in [2.24, 2.45) is 0 Å². The molecule has 0 heterocycles. The molecule has 1 N–H and O–H groups in total. The third kappa shape index (κ3) is 6.63. The van der Waals surface area contributed by atoms with Crippen molar-refractivity contribution in [2.75, 3.05) is 11.1 Å². The van der Waals surface area contributed by atoms with E-state index >= 15 is 0 Å². The molecule has 0 aliphatic heterocycles. The van der Waals surface area contributed by atoms with Gasteiger partial charge in [0.25, 0.3) is 0 Å². The number of carbonyl (C=O) groups is 1. The lowest BCUT2D eigenvalue weighted by Gasteiger charge is -2.06. The van der Waals surface area contributed by atoms with Crippen molar-refractivity contribution in [1.29, 1.82) is 0 Å². The van der Waals surface area contributed by atoms with Crippen molar-refractivity contribution in [3.63, 3.8) is 0 Å². The van der Waals surface area contributed by atoms with Crippen LogP contribution in [0.15, 0.2) is 24.3 Å². The van der Waals surface area contributed by atoms with E-state index in [-0.39, 0.29) is 18.1 Å². The smallest absolute Gasteiger partial charge is 0.224 e. The second-order valence-electron chi connectivity index (χ2n) is 3.75. The molecular formula is C11H14NO4S2-. The molecule has 18 heavy (non-hydrogen) atoms. The average Bonchev–Trinajstić information content (AvgIpc) is 2.26. The van der Waals surface area contributed by atoms with Gasteiger partial charge in [-0.05, 0) is 36.3 Å². The SMILES string of the molecule is Cc1ccc(NC(=O)CCCSS(=O)(=O)[O-])cc1. The van der Waals surface area contributed by atoms with Crippen LogP contribution < -0.4 is 5.32 Å². The topological polar surface area (TPSA) is 86.3 Å². The van der Waals surface area contributed by atoms with E-state index in [2.05, 4.69) is 5.32 Å². The lowest BCUT2D eigenvalue weighted by Crippen LogP contribution is -2.11. The first-order chi connectivity index (χ1) is 8.37. The summed E-state index contributed by atoms with van der Waals surface area (Å²) in [7, 11) is -3.93. The number of benzene rings is 1. The molecule has 0 saturated heterocycles. The highest BCUT2D eigenvalue weighted by Gasteiger charge is 2.03. The maximum Gasteiger partial charge on any atom is 0.224 e. The standard InChI is InChI=1S/C11H15NO4S2/c1-9-4-6-10(7-5-9)12-11(13)3-2-8-17-18(14,15)16/h4-7H,2-3,8H2,1H3,(H,12,13)(H,14,15,16)/p-1. The Balaban J connectivity index is 2.28. The molecule has 7 heteroatoms. The number of aryl methyl sites for hydroxylation is 1. The van der Waals surface area contributed by atoms with Crippen LogP contribution in [0, 0.1) is 6.92 Å². The number of amides is 1. The number of carbonyl (C=O) groups excluding carboxylic acids is 1. The van der Waals surface area contributed by atoms with Gasteiger partial charge in [-0.3, -0.25) is 4.79 Å². The van der Waals surface area contributed by atoms with Gasteiger partial charge in [-0.2, -0.15) is 0 Å². The van der Waals surface area contributed by atoms with Gasteiger partial charge in [0.2, 0.25) is 5.91 Å². The van der Waals surface area contributed by atoms with E-state index in [0.29, 0.717) is 22.9 Å². The molecule has 1 aromatic carbocycles. The van der Waals surface area contributed by atoms with Crippen LogP contribution in [0.3, 0.4) is 0 Å². The van der Waals surface area contributed by atoms with Gasteiger partial charge in [-0.15, -0.1) is 0 Å². The molecule has 0 spiro atoms. The second-order valence-corrected chi connectivity index (χ2v) is 7.14. The highest BCUT2D eigenvalue weighted by molar-refractivity contribution is 8.69. The van der Waals surface area contributed by atoms with E-state index in [0.717, 1.165) is 5.56 Å². The zero-order valence-corrected chi connectivity index (χ0v) is 11.5. The summed E-state index contributed by atoms with van der Waals surface area (Å²) in [4.78, 5) is 11.5. The number of anilines is 1. The Morgan fingerprint density at radius 1 is 1.33 bits per heavy atom. The Hall–Kier alpha value is -1.05. The number of nitrogens with one attached hydrogen (secondary N) is 1. The average molecular weight is 288 g/mol. The van der Waals surface area contributed by atoms with Crippen molar-refractivity contribution >= 4 is 31.5 Å². The number of hydrogen-bond acceptors (Lipinski definition) is 5. The Kier molecular flexibility index (Phi) is 5.64. The van der Waals surface area contributed by atoms with Gasteiger partial charge in [-0.1, -0.05) is 17.7 Å². The maximum absolute atomic E-state index is 11.5. The molecule has 5 nitrogen and oxygen atoms in total. The van der Waals surface area contributed by atoms with Gasteiger partial charge in [0, 0.05) is 17.9 Å². The summed E-state index contributed by atoms with van der Waals surface area (Å²) >= 11 is 0. The zero-order valence-electron chi connectivity index (χ0n) is 9.88. The van der Waals surface area contributed by atoms with Gasteiger partial charge < -0.3 is 9.87 Å². The van der Waals surface area contributed by atoms with E-state index < -0.39 is 9.15 Å². The molecule has 0 atom stereocenters. The van der Waals surface area contributed by atoms with E-state index in [9.17, 15) is 17.8 Å². The van der Waals surface area contributed by atoms with E-state index in [1.54, 1.807) is 12.1 Å². The third-order valence-corrected chi connectivity index (χ3v) is 4.22. The van der Waals surface area contributed by atoms with E-state index in [1.165, 1.54) is 0 Å². The maximum atomic E-state index is 11.5.